The highest BCUT2D eigenvalue weighted by Gasteiger charge is 2.10. The summed E-state index contributed by atoms with van der Waals surface area (Å²) >= 11 is 3.48. The molecule has 5 heteroatoms. The van der Waals surface area contributed by atoms with E-state index < -0.39 is 0 Å². The van der Waals surface area contributed by atoms with Crippen LogP contribution in [0.15, 0.2) is 47.1 Å². The van der Waals surface area contributed by atoms with Crippen molar-refractivity contribution in [2.45, 2.75) is 6.42 Å². The van der Waals surface area contributed by atoms with Crippen LogP contribution in [0.25, 0.3) is 5.65 Å². The zero-order chi connectivity index (χ0) is 13.2. The summed E-state index contributed by atoms with van der Waals surface area (Å²) in [5, 5.41) is 8.45. The van der Waals surface area contributed by atoms with Crippen molar-refractivity contribution >= 4 is 21.6 Å². The Morgan fingerprint density at radius 2 is 2.00 bits per heavy atom. The van der Waals surface area contributed by atoms with Gasteiger partial charge in [-0.05, 0) is 34.1 Å². The molecule has 96 valence electrons. The van der Waals surface area contributed by atoms with Gasteiger partial charge in [-0.1, -0.05) is 18.2 Å². The lowest BCUT2D eigenvalue weighted by Gasteiger charge is -2.07. The monoisotopic (exact) mass is 317 g/mol. The van der Waals surface area contributed by atoms with Crippen LogP contribution in [0, 0.1) is 0 Å². The van der Waals surface area contributed by atoms with Crippen LogP contribution in [0.5, 0.6) is 5.75 Å². The number of methoxy groups -OCH3 is 1. The summed E-state index contributed by atoms with van der Waals surface area (Å²) < 4.78 is 8.28. The van der Waals surface area contributed by atoms with Crippen molar-refractivity contribution in [3.63, 3.8) is 0 Å². The summed E-state index contributed by atoms with van der Waals surface area (Å²) in [5.74, 6) is 1.76. The van der Waals surface area contributed by atoms with Crippen molar-refractivity contribution < 1.29 is 4.74 Å². The largest absolute Gasteiger partial charge is 0.496 e. The first-order valence-corrected chi connectivity index (χ1v) is 6.69. The average Bonchev–Trinajstić information content (AvgIpc) is 2.84. The second-order valence-electron chi connectivity index (χ2n) is 4.15. The van der Waals surface area contributed by atoms with Crippen molar-refractivity contribution in [2.24, 2.45) is 0 Å². The topological polar surface area (TPSA) is 39.4 Å². The number of ether oxygens (including phenoxy) is 1. The minimum absolute atomic E-state index is 0.682. The highest BCUT2D eigenvalue weighted by Crippen LogP contribution is 2.22. The third-order valence-corrected chi connectivity index (χ3v) is 3.62. The third-order valence-electron chi connectivity index (χ3n) is 3.00. The lowest BCUT2D eigenvalue weighted by molar-refractivity contribution is 0.410. The molecule has 0 saturated carbocycles. The maximum absolute atomic E-state index is 5.36. The molecule has 2 aromatic heterocycles. The highest BCUT2D eigenvalue weighted by atomic mass is 79.9. The van der Waals surface area contributed by atoms with Crippen LogP contribution in [-0.4, -0.2) is 21.7 Å². The number of hydrogen-bond acceptors (Lipinski definition) is 3. The molecular weight excluding hydrogens is 306 g/mol. The molecule has 19 heavy (non-hydrogen) atoms. The fraction of sp³-hybridized carbons (Fsp3) is 0.143. The summed E-state index contributed by atoms with van der Waals surface area (Å²) in [6.07, 6.45) is 2.65. The van der Waals surface area contributed by atoms with Crippen molar-refractivity contribution in [2.75, 3.05) is 7.11 Å². The van der Waals surface area contributed by atoms with Gasteiger partial charge in [-0.25, -0.2) is 0 Å². The molecule has 1 aromatic carbocycles. The minimum atomic E-state index is 0.682. The Morgan fingerprint density at radius 3 is 2.84 bits per heavy atom. The van der Waals surface area contributed by atoms with Crippen molar-refractivity contribution in [1.82, 2.24) is 14.6 Å². The number of fused-ring (bicyclic) bond motifs is 1. The summed E-state index contributed by atoms with van der Waals surface area (Å²) in [6, 6.07) is 11.9. The highest BCUT2D eigenvalue weighted by molar-refractivity contribution is 9.10. The van der Waals surface area contributed by atoms with E-state index >= 15 is 0 Å². The molecule has 0 saturated heterocycles. The molecule has 0 N–H and O–H groups in total. The smallest absolute Gasteiger partial charge is 0.175 e. The van der Waals surface area contributed by atoms with Gasteiger partial charge < -0.3 is 4.74 Å². The van der Waals surface area contributed by atoms with Crippen molar-refractivity contribution in [3.8, 4) is 5.75 Å². The SMILES string of the molecule is COc1ccccc1Cc1nnc2c(Br)cccn12. The Balaban J connectivity index is 2.04. The van der Waals surface area contributed by atoms with Gasteiger partial charge >= 0.3 is 0 Å². The molecule has 3 aromatic rings. The van der Waals surface area contributed by atoms with Crippen LogP contribution in [0.1, 0.15) is 11.4 Å². The molecule has 0 aliphatic carbocycles. The number of pyridine rings is 1. The Morgan fingerprint density at radius 1 is 1.16 bits per heavy atom. The van der Waals surface area contributed by atoms with E-state index in [2.05, 4.69) is 26.1 Å². The van der Waals surface area contributed by atoms with Gasteiger partial charge in [0.15, 0.2) is 5.65 Å². The van der Waals surface area contributed by atoms with Crippen LogP contribution in [0.4, 0.5) is 0 Å². The summed E-state index contributed by atoms with van der Waals surface area (Å²) in [5.41, 5.74) is 1.92. The van der Waals surface area contributed by atoms with E-state index in [0.29, 0.717) is 6.42 Å². The summed E-state index contributed by atoms with van der Waals surface area (Å²) in [6.45, 7) is 0. The van der Waals surface area contributed by atoms with E-state index in [1.165, 1.54) is 0 Å². The first-order chi connectivity index (χ1) is 9.29. The zero-order valence-electron chi connectivity index (χ0n) is 10.4. The Bertz CT molecular complexity index is 724. The molecule has 0 atom stereocenters. The molecule has 0 aliphatic rings. The molecule has 0 unspecified atom stereocenters. The molecule has 3 rings (SSSR count). The number of hydrogen-bond donors (Lipinski definition) is 0. The van der Waals surface area contributed by atoms with Gasteiger partial charge in [0.2, 0.25) is 0 Å². The molecule has 4 nitrogen and oxygen atoms in total. The van der Waals surface area contributed by atoms with Gasteiger partial charge in [-0.3, -0.25) is 4.40 Å². The quantitative estimate of drug-likeness (QED) is 0.745. The number of halogens is 1. The second-order valence-corrected chi connectivity index (χ2v) is 5.01. The molecular formula is C14H12BrN3O. The third kappa shape index (κ3) is 2.21. The van der Waals surface area contributed by atoms with Crippen LogP contribution in [0.3, 0.4) is 0 Å². The standard InChI is InChI=1S/C14H12BrN3O/c1-19-12-7-3-2-5-10(12)9-13-16-17-14-11(15)6-4-8-18(13)14/h2-8H,9H2,1H3. The first-order valence-electron chi connectivity index (χ1n) is 5.89. The number of aromatic nitrogens is 3. The van der Waals surface area contributed by atoms with Crippen LogP contribution >= 0.6 is 15.9 Å². The number of para-hydroxylation sites is 1. The molecule has 0 bridgehead atoms. The lowest BCUT2D eigenvalue weighted by Crippen LogP contribution is -1.98. The zero-order valence-corrected chi connectivity index (χ0v) is 12.0. The Hall–Kier alpha value is -1.88. The predicted octanol–water partition coefficient (Wildman–Crippen LogP) is 3.09. The van der Waals surface area contributed by atoms with E-state index in [1.807, 2.05) is 47.0 Å². The molecule has 0 spiro atoms. The van der Waals surface area contributed by atoms with Gasteiger partial charge in [0.25, 0.3) is 0 Å². The van der Waals surface area contributed by atoms with Crippen LogP contribution in [-0.2, 0) is 6.42 Å². The summed E-state index contributed by atoms with van der Waals surface area (Å²) in [4.78, 5) is 0. The Labute approximate surface area is 119 Å². The van der Waals surface area contributed by atoms with Gasteiger partial charge in [0, 0.05) is 18.2 Å². The van der Waals surface area contributed by atoms with E-state index in [-0.39, 0.29) is 0 Å². The maximum Gasteiger partial charge on any atom is 0.175 e. The number of rotatable bonds is 3. The van der Waals surface area contributed by atoms with Gasteiger partial charge in [-0.15, -0.1) is 10.2 Å². The molecule has 2 heterocycles. The fourth-order valence-electron chi connectivity index (χ4n) is 2.07. The lowest BCUT2D eigenvalue weighted by atomic mass is 10.1. The molecule has 0 amide bonds. The maximum atomic E-state index is 5.36. The van der Waals surface area contributed by atoms with Crippen molar-refractivity contribution in [3.05, 3.63) is 58.5 Å². The van der Waals surface area contributed by atoms with Crippen LogP contribution in [0.2, 0.25) is 0 Å². The average molecular weight is 318 g/mol. The van der Waals surface area contributed by atoms with Crippen LogP contribution < -0.4 is 4.74 Å². The summed E-state index contributed by atoms with van der Waals surface area (Å²) in [7, 11) is 1.68. The van der Waals surface area contributed by atoms with Gasteiger partial charge in [0.1, 0.15) is 11.6 Å². The number of nitrogens with zero attached hydrogens (tertiary/aromatic N) is 3. The van der Waals surface area contributed by atoms with Gasteiger partial charge in [-0.2, -0.15) is 0 Å². The Kier molecular flexibility index (Phi) is 3.21. The first kappa shape index (κ1) is 12.2. The van der Waals surface area contributed by atoms with E-state index in [0.717, 1.165) is 27.3 Å². The van der Waals surface area contributed by atoms with Gasteiger partial charge in [0.05, 0.1) is 11.6 Å². The van der Waals surface area contributed by atoms with E-state index in [4.69, 9.17) is 4.74 Å². The van der Waals surface area contributed by atoms with E-state index in [9.17, 15) is 0 Å². The predicted molar refractivity (Wildman–Crippen MR) is 76.5 cm³/mol. The molecule has 0 radical (unpaired) electrons. The molecule has 0 aliphatic heterocycles. The number of benzene rings is 1. The van der Waals surface area contributed by atoms with Crippen molar-refractivity contribution in [1.29, 1.82) is 0 Å². The molecule has 0 fully saturated rings. The van der Waals surface area contributed by atoms with E-state index in [1.54, 1.807) is 7.11 Å². The minimum Gasteiger partial charge on any atom is -0.496 e. The second kappa shape index (κ2) is 5.01. The normalized spacial score (nSPS) is 10.8. The fourth-order valence-corrected chi connectivity index (χ4v) is 2.49.